The Morgan fingerprint density at radius 2 is 2.18 bits per heavy atom. The minimum absolute atomic E-state index is 0. The topological polar surface area (TPSA) is 58.6 Å². The van der Waals surface area contributed by atoms with Gasteiger partial charge >= 0.3 is 5.97 Å². The zero-order chi connectivity index (χ0) is 7.82. The van der Waals surface area contributed by atoms with E-state index in [0.29, 0.717) is 19.7 Å². The van der Waals surface area contributed by atoms with Crippen LogP contribution in [-0.4, -0.2) is 37.9 Å². The molecule has 0 radical (unpaired) electrons. The maximum atomic E-state index is 9.96. The van der Waals surface area contributed by atoms with Crippen LogP contribution in [0.1, 0.15) is 6.42 Å². The van der Waals surface area contributed by atoms with Crippen molar-refractivity contribution >= 4 is 18.4 Å². The maximum absolute atomic E-state index is 9.96. The number of hydrogen-bond acceptors (Lipinski definition) is 3. The van der Waals surface area contributed by atoms with Crippen LogP contribution in [0, 0.1) is 0 Å². The number of rotatable bonds is 6. The summed E-state index contributed by atoms with van der Waals surface area (Å²) in [4.78, 5) is 9.96. The Kier molecular flexibility index (Phi) is 11.7. The summed E-state index contributed by atoms with van der Waals surface area (Å²) in [5.74, 6) is -0.773. The molecule has 0 aromatic heterocycles. The number of hydrogen-bond donors (Lipinski definition) is 2. The molecule has 0 fully saturated rings. The van der Waals surface area contributed by atoms with Crippen LogP contribution in [0.25, 0.3) is 0 Å². The van der Waals surface area contributed by atoms with E-state index in [1.165, 1.54) is 0 Å². The van der Waals surface area contributed by atoms with Crippen molar-refractivity contribution in [3.8, 4) is 0 Å². The van der Waals surface area contributed by atoms with Gasteiger partial charge in [-0.2, -0.15) is 0 Å². The molecule has 0 aliphatic rings. The van der Waals surface area contributed by atoms with Gasteiger partial charge in [0.1, 0.15) is 0 Å². The second-order valence-electron chi connectivity index (χ2n) is 1.89. The second-order valence-corrected chi connectivity index (χ2v) is 1.89. The molecule has 0 bridgehead atoms. The zero-order valence-electron chi connectivity index (χ0n) is 6.50. The molecule has 4 nitrogen and oxygen atoms in total. The summed E-state index contributed by atoms with van der Waals surface area (Å²) >= 11 is 0. The van der Waals surface area contributed by atoms with Gasteiger partial charge in [-0.25, -0.2) is 0 Å². The molecule has 0 atom stereocenters. The van der Waals surface area contributed by atoms with Crippen LogP contribution in [0.4, 0.5) is 0 Å². The molecule has 0 aliphatic carbocycles. The predicted molar refractivity (Wildman–Crippen MR) is 44.2 cm³/mol. The highest BCUT2D eigenvalue weighted by Gasteiger charge is 1.93. The standard InChI is InChI=1S/C6H13NO3.ClH/c1-10-5-4-7-3-2-6(8)9;/h7H,2-5H2,1H3,(H,8,9);1H. The Hall–Kier alpha value is -0.320. The first-order valence-electron chi connectivity index (χ1n) is 3.19. The lowest BCUT2D eigenvalue weighted by Crippen LogP contribution is -2.22. The van der Waals surface area contributed by atoms with E-state index in [1.807, 2.05) is 0 Å². The summed E-state index contributed by atoms with van der Waals surface area (Å²) in [7, 11) is 1.61. The number of carboxylic acid groups (broad SMARTS) is 1. The van der Waals surface area contributed by atoms with Crippen molar-refractivity contribution in [2.24, 2.45) is 0 Å². The predicted octanol–water partition coefficient (Wildman–Crippen LogP) is 0.119. The first-order valence-corrected chi connectivity index (χ1v) is 3.19. The molecule has 0 saturated carbocycles. The third-order valence-corrected chi connectivity index (χ3v) is 0.999. The molecule has 0 heterocycles. The number of aliphatic carboxylic acids is 1. The molecule has 0 rings (SSSR count). The van der Waals surface area contributed by atoms with Gasteiger partial charge in [-0.05, 0) is 0 Å². The highest BCUT2D eigenvalue weighted by Crippen LogP contribution is 1.74. The van der Waals surface area contributed by atoms with E-state index in [9.17, 15) is 4.79 Å². The van der Waals surface area contributed by atoms with E-state index in [4.69, 9.17) is 9.84 Å². The maximum Gasteiger partial charge on any atom is 0.304 e. The normalized spacial score (nSPS) is 8.82. The van der Waals surface area contributed by atoms with E-state index < -0.39 is 5.97 Å². The molecular formula is C6H14ClNO3. The van der Waals surface area contributed by atoms with E-state index in [0.717, 1.165) is 0 Å². The smallest absolute Gasteiger partial charge is 0.304 e. The van der Waals surface area contributed by atoms with Crippen LogP contribution >= 0.6 is 12.4 Å². The van der Waals surface area contributed by atoms with E-state index in [2.05, 4.69) is 5.32 Å². The van der Waals surface area contributed by atoms with Crippen LogP contribution in [0.2, 0.25) is 0 Å². The summed E-state index contributed by atoms with van der Waals surface area (Å²) < 4.78 is 4.74. The molecule has 5 heteroatoms. The van der Waals surface area contributed by atoms with Gasteiger partial charge in [0.05, 0.1) is 13.0 Å². The lowest BCUT2D eigenvalue weighted by atomic mass is 10.4. The van der Waals surface area contributed by atoms with Crippen molar-refractivity contribution in [1.82, 2.24) is 5.32 Å². The van der Waals surface area contributed by atoms with Gasteiger partial charge in [-0.1, -0.05) is 0 Å². The lowest BCUT2D eigenvalue weighted by molar-refractivity contribution is -0.136. The van der Waals surface area contributed by atoms with Gasteiger partial charge in [0.25, 0.3) is 0 Å². The van der Waals surface area contributed by atoms with Gasteiger partial charge in [0.2, 0.25) is 0 Å². The number of methoxy groups -OCH3 is 1. The number of carboxylic acids is 1. The first-order chi connectivity index (χ1) is 4.77. The van der Waals surface area contributed by atoms with E-state index >= 15 is 0 Å². The van der Waals surface area contributed by atoms with E-state index in [1.54, 1.807) is 7.11 Å². The van der Waals surface area contributed by atoms with Gasteiger partial charge in [0.15, 0.2) is 0 Å². The second kappa shape index (κ2) is 9.68. The van der Waals surface area contributed by atoms with Crippen LogP contribution in [0.3, 0.4) is 0 Å². The summed E-state index contributed by atoms with van der Waals surface area (Å²) in [5.41, 5.74) is 0. The van der Waals surface area contributed by atoms with Crippen molar-refractivity contribution in [1.29, 1.82) is 0 Å². The first kappa shape index (κ1) is 13.3. The van der Waals surface area contributed by atoms with Crippen molar-refractivity contribution in [3.05, 3.63) is 0 Å². The highest BCUT2D eigenvalue weighted by molar-refractivity contribution is 5.85. The molecule has 0 aliphatic heterocycles. The van der Waals surface area contributed by atoms with Gasteiger partial charge < -0.3 is 15.2 Å². The molecule has 68 valence electrons. The van der Waals surface area contributed by atoms with Crippen molar-refractivity contribution in [2.75, 3.05) is 26.8 Å². The third-order valence-electron chi connectivity index (χ3n) is 0.999. The van der Waals surface area contributed by atoms with Crippen LogP contribution < -0.4 is 5.32 Å². The Morgan fingerprint density at radius 1 is 1.55 bits per heavy atom. The molecule has 0 aromatic carbocycles. The Balaban J connectivity index is 0. The van der Waals surface area contributed by atoms with Crippen molar-refractivity contribution in [3.63, 3.8) is 0 Å². The Bertz CT molecular complexity index is 99.8. The third kappa shape index (κ3) is 12.8. The number of halogens is 1. The number of ether oxygens (including phenoxy) is 1. The van der Waals surface area contributed by atoms with Crippen LogP contribution in [-0.2, 0) is 9.53 Å². The largest absolute Gasteiger partial charge is 0.481 e. The van der Waals surface area contributed by atoms with Gasteiger partial charge in [-0.3, -0.25) is 4.79 Å². The Labute approximate surface area is 72.3 Å². The number of carbonyl (C=O) groups is 1. The molecule has 2 N–H and O–H groups in total. The molecule has 0 saturated heterocycles. The summed E-state index contributed by atoms with van der Waals surface area (Å²) in [6.07, 6.45) is 0.170. The fourth-order valence-electron chi connectivity index (χ4n) is 0.495. The van der Waals surface area contributed by atoms with Crippen LogP contribution in [0.5, 0.6) is 0 Å². The molecular weight excluding hydrogens is 170 g/mol. The van der Waals surface area contributed by atoms with Crippen LogP contribution in [0.15, 0.2) is 0 Å². The Morgan fingerprint density at radius 3 is 2.64 bits per heavy atom. The molecule has 0 aromatic rings. The molecule has 0 unspecified atom stereocenters. The highest BCUT2D eigenvalue weighted by atomic mass is 35.5. The lowest BCUT2D eigenvalue weighted by Gasteiger charge is -1.99. The monoisotopic (exact) mass is 183 g/mol. The van der Waals surface area contributed by atoms with Gasteiger partial charge in [0, 0.05) is 20.2 Å². The fourth-order valence-corrected chi connectivity index (χ4v) is 0.495. The summed E-state index contributed by atoms with van der Waals surface area (Å²) in [5, 5.41) is 11.1. The SMILES string of the molecule is COCCNCCC(=O)O.Cl. The fraction of sp³-hybridized carbons (Fsp3) is 0.833. The minimum Gasteiger partial charge on any atom is -0.481 e. The minimum atomic E-state index is -0.773. The number of nitrogens with one attached hydrogen (secondary N) is 1. The molecule has 0 spiro atoms. The molecule has 11 heavy (non-hydrogen) atoms. The zero-order valence-corrected chi connectivity index (χ0v) is 7.32. The average molecular weight is 184 g/mol. The van der Waals surface area contributed by atoms with Gasteiger partial charge in [-0.15, -0.1) is 12.4 Å². The van der Waals surface area contributed by atoms with Crippen molar-refractivity contribution in [2.45, 2.75) is 6.42 Å². The van der Waals surface area contributed by atoms with E-state index in [-0.39, 0.29) is 18.8 Å². The molecule has 0 amide bonds. The summed E-state index contributed by atoms with van der Waals surface area (Å²) in [6.45, 7) is 1.85. The summed E-state index contributed by atoms with van der Waals surface area (Å²) in [6, 6.07) is 0. The van der Waals surface area contributed by atoms with Crippen molar-refractivity contribution < 1.29 is 14.6 Å². The average Bonchev–Trinajstić information content (AvgIpc) is 1.87. The quantitative estimate of drug-likeness (QED) is 0.575.